The standard InChI is InChI=1S/C8H16N2OS/c1-3-8(6-9)12(11)5-4-7(2)10/h7-8H,3-5,10H2,1-2H3. The van der Waals surface area contributed by atoms with Crippen LogP contribution >= 0.6 is 0 Å². The number of hydrogen-bond donors (Lipinski definition) is 1. The molecular formula is C8H16N2OS. The van der Waals surface area contributed by atoms with Gasteiger partial charge in [0.2, 0.25) is 0 Å². The van der Waals surface area contributed by atoms with Gasteiger partial charge in [0.25, 0.3) is 0 Å². The fourth-order valence-corrected chi connectivity index (χ4v) is 2.16. The normalized spacial score (nSPS) is 17.8. The zero-order valence-corrected chi connectivity index (χ0v) is 8.43. The van der Waals surface area contributed by atoms with Crippen molar-refractivity contribution in [2.45, 2.75) is 38.0 Å². The van der Waals surface area contributed by atoms with E-state index in [1.807, 2.05) is 19.9 Å². The monoisotopic (exact) mass is 188 g/mol. The maximum atomic E-state index is 11.3. The lowest BCUT2D eigenvalue weighted by Crippen LogP contribution is -2.22. The average Bonchev–Trinajstić information content (AvgIpc) is 2.03. The molecule has 3 unspecified atom stereocenters. The molecule has 12 heavy (non-hydrogen) atoms. The molecule has 2 N–H and O–H groups in total. The van der Waals surface area contributed by atoms with E-state index < -0.39 is 10.8 Å². The van der Waals surface area contributed by atoms with Crippen molar-refractivity contribution in [3.63, 3.8) is 0 Å². The summed E-state index contributed by atoms with van der Waals surface area (Å²) in [6.07, 6.45) is 1.38. The number of rotatable bonds is 5. The highest BCUT2D eigenvalue weighted by Gasteiger charge is 2.13. The zero-order valence-electron chi connectivity index (χ0n) is 7.62. The largest absolute Gasteiger partial charge is 0.328 e. The highest BCUT2D eigenvalue weighted by atomic mass is 32.2. The second-order valence-corrected chi connectivity index (χ2v) is 4.62. The molecule has 0 spiro atoms. The summed E-state index contributed by atoms with van der Waals surface area (Å²) in [4.78, 5) is 0. The number of nitrogens with zero attached hydrogens (tertiary/aromatic N) is 1. The number of nitriles is 1. The van der Waals surface area contributed by atoms with E-state index >= 15 is 0 Å². The van der Waals surface area contributed by atoms with Gasteiger partial charge in [-0.15, -0.1) is 0 Å². The Bertz CT molecular complexity index is 186. The summed E-state index contributed by atoms with van der Waals surface area (Å²) < 4.78 is 11.3. The van der Waals surface area contributed by atoms with Gasteiger partial charge >= 0.3 is 0 Å². The quantitative estimate of drug-likeness (QED) is 0.693. The van der Waals surface area contributed by atoms with Crippen molar-refractivity contribution in [1.82, 2.24) is 0 Å². The van der Waals surface area contributed by atoms with E-state index in [0.29, 0.717) is 12.2 Å². The Morgan fingerprint density at radius 2 is 2.25 bits per heavy atom. The van der Waals surface area contributed by atoms with E-state index in [4.69, 9.17) is 11.0 Å². The SMILES string of the molecule is CCC(C#N)S(=O)CCC(C)N. The topological polar surface area (TPSA) is 66.9 Å². The van der Waals surface area contributed by atoms with Crippen molar-refractivity contribution < 1.29 is 4.21 Å². The third-order valence-electron chi connectivity index (χ3n) is 1.61. The van der Waals surface area contributed by atoms with Crippen LogP contribution in [0.3, 0.4) is 0 Å². The molecule has 0 aliphatic heterocycles. The Morgan fingerprint density at radius 1 is 1.67 bits per heavy atom. The molecule has 70 valence electrons. The van der Waals surface area contributed by atoms with E-state index in [0.717, 1.165) is 6.42 Å². The third-order valence-corrected chi connectivity index (χ3v) is 3.32. The first-order valence-electron chi connectivity index (χ1n) is 4.14. The maximum absolute atomic E-state index is 11.3. The van der Waals surface area contributed by atoms with E-state index in [1.54, 1.807) is 0 Å². The van der Waals surface area contributed by atoms with Gasteiger partial charge in [-0.2, -0.15) is 5.26 Å². The molecule has 0 rings (SSSR count). The molecule has 0 aromatic rings. The van der Waals surface area contributed by atoms with Gasteiger partial charge in [0.15, 0.2) is 0 Å². The molecule has 0 aromatic carbocycles. The molecule has 4 heteroatoms. The van der Waals surface area contributed by atoms with E-state index in [1.165, 1.54) is 0 Å². The highest BCUT2D eigenvalue weighted by Crippen LogP contribution is 2.03. The molecule has 0 radical (unpaired) electrons. The fraction of sp³-hybridized carbons (Fsp3) is 0.875. The Labute approximate surface area is 76.4 Å². The van der Waals surface area contributed by atoms with Gasteiger partial charge in [-0.3, -0.25) is 4.21 Å². The summed E-state index contributed by atoms with van der Waals surface area (Å²) in [5.41, 5.74) is 5.51. The first kappa shape index (κ1) is 11.6. The molecule has 0 aromatic heterocycles. The summed E-state index contributed by atoms with van der Waals surface area (Å²) in [5, 5.41) is 8.27. The van der Waals surface area contributed by atoms with Crippen LogP contribution in [0.2, 0.25) is 0 Å². The van der Waals surface area contributed by atoms with E-state index in [2.05, 4.69) is 0 Å². The van der Waals surface area contributed by atoms with Gasteiger partial charge in [0, 0.05) is 22.6 Å². The van der Waals surface area contributed by atoms with Crippen LogP contribution in [0, 0.1) is 11.3 Å². The van der Waals surface area contributed by atoms with Gasteiger partial charge in [0.1, 0.15) is 5.25 Å². The van der Waals surface area contributed by atoms with E-state index in [9.17, 15) is 4.21 Å². The van der Waals surface area contributed by atoms with Crippen LogP contribution in [0.15, 0.2) is 0 Å². The molecular weight excluding hydrogens is 172 g/mol. The summed E-state index contributed by atoms with van der Waals surface area (Å²) in [6.45, 7) is 3.75. The van der Waals surface area contributed by atoms with Crippen LogP contribution < -0.4 is 5.73 Å². The smallest absolute Gasteiger partial charge is 0.121 e. The summed E-state index contributed by atoms with van der Waals surface area (Å²) in [5.74, 6) is 0.545. The summed E-state index contributed by atoms with van der Waals surface area (Å²) in [6, 6.07) is 2.11. The molecule has 0 saturated carbocycles. The van der Waals surface area contributed by atoms with Crippen molar-refractivity contribution in [3.8, 4) is 6.07 Å². The van der Waals surface area contributed by atoms with Crippen LogP contribution in [0.25, 0.3) is 0 Å². The lowest BCUT2D eigenvalue weighted by atomic mass is 10.3. The van der Waals surface area contributed by atoms with Crippen LogP contribution in [-0.4, -0.2) is 21.3 Å². The molecule has 3 nitrogen and oxygen atoms in total. The molecule has 0 saturated heterocycles. The number of hydrogen-bond acceptors (Lipinski definition) is 3. The van der Waals surface area contributed by atoms with E-state index in [-0.39, 0.29) is 11.3 Å². The van der Waals surface area contributed by atoms with Gasteiger partial charge in [-0.25, -0.2) is 0 Å². The summed E-state index contributed by atoms with van der Waals surface area (Å²) in [7, 11) is -1.02. The molecule has 0 aliphatic rings. The van der Waals surface area contributed by atoms with Crippen LogP contribution in [-0.2, 0) is 10.8 Å². The average molecular weight is 188 g/mol. The minimum atomic E-state index is -1.02. The van der Waals surface area contributed by atoms with Gasteiger partial charge < -0.3 is 5.73 Å². The Balaban J connectivity index is 3.79. The lowest BCUT2D eigenvalue weighted by Gasteiger charge is -2.07. The molecule has 3 atom stereocenters. The predicted molar refractivity (Wildman–Crippen MR) is 51.0 cm³/mol. The first-order chi connectivity index (χ1) is 5.61. The van der Waals surface area contributed by atoms with Crippen LogP contribution in [0.5, 0.6) is 0 Å². The first-order valence-corrected chi connectivity index (χ1v) is 5.52. The van der Waals surface area contributed by atoms with Crippen molar-refractivity contribution in [1.29, 1.82) is 5.26 Å². The van der Waals surface area contributed by atoms with Crippen molar-refractivity contribution >= 4 is 10.8 Å². The Hall–Kier alpha value is -0.400. The van der Waals surface area contributed by atoms with Gasteiger partial charge in [0.05, 0.1) is 6.07 Å². The molecule has 0 fully saturated rings. The highest BCUT2D eigenvalue weighted by molar-refractivity contribution is 7.85. The zero-order chi connectivity index (χ0) is 9.56. The van der Waals surface area contributed by atoms with Crippen LogP contribution in [0.4, 0.5) is 0 Å². The molecule has 0 amide bonds. The lowest BCUT2D eigenvalue weighted by molar-refractivity contribution is 0.661. The maximum Gasteiger partial charge on any atom is 0.121 e. The van der Waals surface area contributed by atoms with Crippen molar-refractivity contribution in [2.24, 2.45) is 5.73 Å². The van der Waals surface area contributed by atoms with Gasteiger partial charge in [-0.05, 0) is 19.8 Å². The second-order valence-electron chi connectivity index (χ2n) is 2.88. The summed E-state index contributed by atoms with van der Waals surface area (Å²) >= 11 is 0. The minimum absolute atomic E-state index is 0.0742. The van der Waals surface area contributed by atoms with Crippen molar-refractivity contribution in [3.05, 3.63) is 0 Å². The molecule has 0 bridgehead atoms. The van der Waals surface area contributed by atoms with Gasteiger partial charge in [-0.1, -0.05) is 6.92 Å². The fourth-order valence-electron chi connectivity index (χ4n) is 0.780. The third kappa shape index (κ3) is 4.47. The Kier molecular flexibility index (Phi) is 5.95. The number of nitrogens with two attached hydrogens (primary N) is 1. The Morgan fingerprint density at radius 3 is 2.58 bits per heavy atom. The molecule has 0 heterocycles. The van der Waals surface area contributed by atoms with Crippen molar-refractivity contribution in [2.75, 3.05) is 5.75 Å². The van der Waals surface area contributed by atoms with Crippen LogP contribution in [0.1, 0.15) is 26.7 Å². The second kappa shape index (κ2) is 6.15. The molecule has 0 aliphatic carbocycles. The minimum Gasteiger partial charge on any atom is -0.328 e. The predicted octanol–water partition coefficient (Wildman–Crippen LogP) is 0.775.